The van der Waals surface area contributed by atoms with Crippen molar-refractivity contribution in [2.75, 3.05) is 12.1 Å². The van der Waals surface area contributed by atoms with Crippen molar-refractivity contribution in [3.8, 4) is 0 Å². The summed E-state index contributed by atoms with van der Waals surface area (Å²) in [5.41, 5.74) is 0.138. The molecule has 6 nitrogen and oxygen atoms in total. The van der Waals surface area contributed by atoms with Crippen LogP contribution in [0.5, 0.6) is 0 Å². The number of halogens is 3. The maximum Gasteiger partial charge on any atom is 0.351 e. The Bertz CT molecular complexity index is 542. The molecule has 1 saturated heterocycles. The Morgan fingerprint density at radius 1 is 1.65 bits per heavy atom. The summed E-state index contributed by atoms with van der Waals surface area (Å²) in [6, 6.07) is 1.06. The first-order valence-corrected chi connectivity index (χ1v) is 6.19. The molecule has 1 aliphatic rings. The van der Waals surface area contributed by atoms with E-state index in [4.69, 9.17) is 9.26 Å². The van der Waals surface area contributed by atoms with Gasteiger partial charge in [-0.15, -0.1) is 4.48 Å². The minimum atomic E-state index is -3.27. The monoisotopic (exact) mass is 311 g/mol. The van der Waals surface area contributed by atoms with Crippen LogP contribution in [0, 0.1) is 5.92 Å². The maximum absolute atomic E-state index is 14.2. The van der Waals surface area contributed by atoms with E-state index in [0.29, 0.717) is 4.57 Å². The van der Waals surface area contributed by atoms with Gasteiger partial charge in [-0.3, -0.25) is 4.57 Å². The van der Waals surface area contributed by atoms with Crippen molar-refractivity contribution in [3.05, 3.63) is 22.7 Å². The molecule has 1 fully saturated rings. The second-order valence-electron chi connectivity index (χ2n) is 4.42. The van der Waals surface area contributed by atoms with Gasteiger partial charge in [0.05, 0.1) is 18.6 Å². The Labute approximate surface area is 114 Å². The molecule has 1 aromatic rings. The van der Waals surface area contributed by atoms with E-state index in [1.54, 1.807) is 0 Å². The summed E-state index contributed by atoms with van der Waals surface area (Å²) < 4.78 is 51.0. The molecule has 0 saturated carbocycles. The lowest BCUT2D eigenvalue weighted by molar-refractivity contribution is -0.126. The van der Waals surface area contributed by atoms with Gasteiger partial charge in [-0.1, -0.05) is 6.92 Å². The summed E-state index contributed by atoms with van der Waals surface area (Å²) in [7, 11) is 1.95. The largest absolute Gasteiger partial charge is 0.363 e. The Morgan fingerprint density at radius 2 is 2.35 bits per heavy atom. The van der Waals surface area contributed by atoms with Crippen LogP contribution in [0.2, 0.25) is 0 Å². The van der Waals surface area contributed by atoms with E-state index >= 15 is 0 Å². The van der Waals surface area contributed by atoms with Crippen molar-refractivity contribution in [1.82, 2.24) is 9.55 Å². The number of aromatic nitrogens is 2. The van der Waals surface area contributed by atoms with E-state index in [-0.39, 0.29) is 12.4 Å². The third-order valence-corrected chi connectivity index (χ3v) is 3.43. The highest BCUT2D eigenvalue weighted by Gasteiger charge is 2.57. The van der Waals surface area contributed by atoms with Gasteiger partial charge in [0.25, 0.3) is 5.92 Å². The molecule has 2 heterocycles. The second-order valence-corrected chi connectivity index (χ2v) is 4.75. The van der Waals surface area contributed by atoms with E-state index in [9.17, 15) is 18.1 Å². The van der Waals surface area contributed by atoms with Gasteiger partial charge in [-0.05, 0) is 6.07 Å². The first kappa shape index (κ1) is 15.2. The molecule has 0 amide bonds. The van der Waals surface area contributed by atoms with Gasteiger partial charge >= 0.3 is 5.69 Å². The number of rotatable bonds is 4. The quantitative estimate of drug-likeness (QED) is 0.674. The molecule has 0 spiro atoms. The number of alkyl halides is 2. The fourth-order valence-corrected chi connectivity index (χ4v) is 2.21. The number of nitrogens with zero attached hydrogens (tertiary/aromatic N) is 2. The van der Waals surface area contributed by atoms with E-state index in [2.05, 4.69) is 4.98 Å². The molecule has 1 aromatic heterocycles. The van der Waals surface area contributed by atoms with Crippen LogP contribution in [0.3, 0.4) is 0 Å². The van der Waals surface area contributed by atoms with Gasteiger partial charge in [0, 0.05) is 15.7 Å². The highest BCUT2D eigenvalue weighted by molar-refractivity contribution is 7.09. The zero-order valence-electron chi connectivity index (χ0n) is 10.4. The van der Waals surface area contributed by atoms with Gasteiger partial charge in [0.15, 0.2) is 5.82 Å². The van der Waals surface area contributed by atoms with Crippen LogP contribution < -0.4 is 11.2 Å². The molecule has 4 atom stereocenters. The number of anilines is 1. The summed E-state index contributed by atoms with van der Waals surface area (Å²) in [5, 5.41) is 0. The molecule has 10 heteroatoms. The Morgan fingerprint density at radius 3 is 2.90 bits per heavy atom. The number of ether oxygens (including phenoxy) is 1. The second kappa shape index (κ2) is 5.67. The van der Waals surface area contributed by atoms with Crippen molar-refractivity contribution < 1.29 is 22.5 Å². The predicted octanol–water partition coefficient (Wildman–Crippen LogP) is 1.52. The summed E-state index contributed by atoms with van der Waals surface area (Å²) in [6.07, 6.45) is -1.65. The fraction of sp³-hybridized carbons (Fsp3) is 0.600. The predicted molar refractivity (Wildman–Crippen MR) is 66.9 cm³/mol. The molecule has 1 N–H and O–H groups in total. The zero-order valence-corrected chi connectivity index (χ0v) is 11.6. The molecule has 0 radical (unpaired) electrons. The Balaban J connectivity index is 2.35. The van der Waals surface area contributed by atoms with Crippen molar-refractivity contribution in [3.63, 3.8) is 0 Å². The van der Waals surface area contributed by atoms with Gasteiger partial charge in [-0.25, -0.2) is 19.1 Å². The van der Waals surface area contributed by atoms with Crippen LogP contribution in [-0.2, 0) is 9.26 Å². The number of hydrogen-bond acceptors (Lipinski definition) is 5. The topological polar surface area (TPSA) is 65.4 Å². The summed E-state index contributed by atoms with van der Waals surface area (Å²) in [4.78, 5) is 14.9. The van der Waals surface area contributed by atoms with Gasteiger partial charge in [-0.2, -0.15) is 4.98 Å². The molecule has 1 aliphatic heterocycles. The third kappa shape index (κ3) is 2.53. The Kier molecular flexibility index (Phi) is 4.31. The fourth-order valence-electron chi connectivity index (χ4n) is 2.02. The first-order chi connectivity index (χ1) is 9.41. The lowest BCUT2D eigenvalue weighted by Gasteiger charge is -2.21. The van der Waals surface area contributed by atoms with Crippen LogP contribution >= 0.6 is 9.47 Å². The summed E-state index contributed by atoms with van der Waals surface area (Å²) >= 11 is 0. The average Bonchev–Trinajstić information content (AvgIpc) is 2.63. The van der Waals surface area contributed by atoms with Crippen LogP contribution in [0.1, 0.15) is 13.2 Å². The van der Waals surface area contributed by atoms with Crippen LogP contribution in [0.4, 0.5) is 19.1 Å². The molecular formula is C10H13F3N3O3P. The smallest absolute Gasteiger partial charge is 0.351 e. The van der Waals surface area contributed by atoms with Crippen LogP contribution in [-0.4, -0.2) is 28.2 Å². The number of hydrogen-bond donors (Lipinski definition) is 1. The molecule has 0 aromatic carbocycles. The van der Waals surface area contributed by atoms with Crippen LogP contribution in [0.25, 0.3) is 0 Å². The Hall–Kier alpha value is -1.18. The van der Waals surface area contributed by atoms with E-state index in [0.717, 1.165) is 12.3 Å². The van der Waals surface area contributed by atoms with Gasteiger partial charge in [0.1, 0.15) is 0 Å². The van der Waals surface area contributed by atoms with Crippen molar-refractivity contribution in [2.24, 2.45) is 5.92 Å². The van der Waals surface area contributed by atoms with Crippen molar-refractivity contribution in [2.45, 2.75) is 25.2 Å². The van der Waals surface area contributed by atoms with Gasteiger partial charge < -0.3 is 9.26 Å². The zero-order chi connectivity index (χ0) is 14.9. The van der Waals surface area contributed by atoms with E-state index in [1.165, 1.54) is 12.5 Å². The lowest BCUT2D eigenvalue weighted by Crippen LogP contribution is -2.37. The molecule has 2 rings (SSSR count). The van der Waals surface area contributed by atoms with Gasteiger partial charge in [0.2, 0.25) is 6.23 Å². The minimum Gasteiger partial charge on any atom is -0.363 e. The van der Waals surface area contributed by atoms with Crippen molar-refractivity contribution >= 4 is 15.3 Å². The minimum absolute atomic E-state index is 0.0514. The maximum atomic E-state index is 14.2. The summed E-state index contributed by atoms with van der Waals surface area (Å²) in [5.74, 6) is -4.77. The molecule has 20 heavy (non-hydrogen) atoms. The first-order valence-electron chi connectivity index (χ1n) is 5.72. The standard InChI is InChI=1S/C10H13F3N3O3P/c1-5-6(4-18-20)19-8(10(5,11)12)16-3-2-7(15-13)14-9(16)17/h2-3,5-6,8H,4,20H2,1H3,(H,14,15,17)/t5?,6-,8-/m1/s1. The average molecular weight is 311 g/mol. The highest BCUT2D eigenvalue weighted by Crippen LogP contribution is 2.46. The third-order valence-electron chi connectivity index (χ3n) is 3.24. The molecule has 0 aliphatic carbocycles. The SMILES string of the molecule is CC1[C@@H](COP)O[C@@H](n2ccc(NF)nc2=O)C1(F)F. The lowest BCUT2D eigenvalue weighted by atomic mass is 10.00. The van der Waals surface area contributed by atoms with Crippen molar-refractivity contribution in [1.29, 1.82) is 0 Å². The highest BCUT2D eigenvalue weighted by atomic mass is 31.0. The summed E-state index contributed by atoms with van der Waals surface area (Å²) in [6.45, 7) is 1.26. The van der Waals surface area contributed by atoms with Crippen LogP contribution in [0.15, 0.2) is 17.1 Å². The molecule has 2 unspecified atom stereocenters. The molecule has 112 valence electrons. The normalized spacial score (nSPS) is 28.6. The number of nitrogens with one attached hydrogen (secondary N) is 1. The molecular weight excluding hydrogens is 298 g/mol. The van der Waals surface area contributed by atoms with E-state index < -0.39 is 29.9 Å². The van der Waals surface area contributed by atoms with E-state index in [1.807, 2.05) is 9.47 Å². The molecule has 0 bridgehead atoms.